The minimum atomic E-state index is -1.46. The summed E-state index contributed by atoms with van der Waals surface area (Å²) in [5.74, 6) is -1.80. The Morgan fingerprint density at radius 3 is 2.41 bits per heavy atom. The fourth-order valence-electron chi connectivity index (χ4n) is 2.08. The van der Waals surface area contributed by atoms with Gasteiger partial charge in [0.15, 0.2) is 6.29 Å². The standard InChI is InChI=1S/C12H22N2O8/c1-4(7(13)11(19)20)21-12-8(14-5(2)16)10(18)9(17)6(3-15)22-12/h4,6-10,12,15,17-18H,3,13H2,1-2H3,(H,14,16)(H,19,20)/t4?,6?,7-,8?,9-,10+,12-/m0/s1. The number of carbonyl (C=O) groups is 2. The maximum absolute atomic E-state index is 11.2. The van der Waals surface area contributed by atoms with Crippen molar-refractivity contribution in [3.8, 4) is 0 Å². The molecule has 0 aromatic heterocycles. The van der Waals surface area contributed by atoms with E-state index < -0.39 is 61.3 Å². The van der Waals surface area contributed by atoms with Gasteiger partial charge in [0.25, 0.3) is 0 Å². The zero-order chi connectivity index (χ0) is 17.0. The van der Waals surface area contributed by atoms with E-state index in [1.54, 1.807) is 0 Å². The van der Waals surface area contributed by atoms with Crippen molar-refractivity contribution in [2.45, 2.75) is 56.6 Å². The first kappa shape index (κ1) is 18.7. The third-order valence-corrected chi connectivity index (χ3v) is 3.39. The summed E-state index contributed by atoms with van der Waals surface area (Å²) in [7, 11) is 0. The Morgan fingerprint density at radius 1 is 1.36 bits per heavy atom. The van der Waals surface area contributed by atoms with Gasteiger partial charge in [-0.15, -0.1) is 0 Å². The van der Waals surface area contributed by atoms with Gasteiger partial charge in [-0.2, -0.15) is 0 Å². The van der Waals surface area contributed by atoms with Crippen LogP contribution in [0.15, 0.2) is 0 Å². The monoisotopic (exact) mass is 322 g/mol. The van der Waals surface area contributed by atoms with Crippen molar-refractivity contribution in [2.75, 3.05) is 6.61 Å². The highest BCUT2D eigenvalue weighted by atomic mass is 16.7. The van der Waals surface area contributed by atoms with Gasteiger partial charge in [-0.3, -0.25) is 9.59 Å². The Balaban J connectivity index is 2.89. The van der Waals surface area contributed by atoms with Crippen LogP contribution in [0.3, 0.4) is 0 Å². The molecular formula is C12H22N2O8. The second-order valence-corrected chi connectivity index (χ2v) is 5.14. The SMILES string of the molecule is CC(=O)NC1[C@@H](OC(C)[C@H](N)C(=O)O)OC(CO)[C@H](O)[C@@H]1O. The van der Waals surface area contributed by atoms with Crippen molar-refractivity contribution in [3.63, 3.8) is 0 Å². The predicted molar refractivity (Wildman–Crippen MR) is 71.5 cm³/mol. The van der Waals surface area contributed by atoms with Crippen LogP contribution in [0.5, 0.6) is 0 Å². The number of ether oxygens (including phenoxy) is 2. The van der Waals surface area contributed by atoms with Gasteiger partial charge in [-0.25, -0.2) is 0 Å². The summed E-state index contributed by atoms with van der Waals surface area (Å²) in [6.07, 6.45) is -6.32. The summed E-state index contributed by atoms with van der Waals surface area (Å²) in [4.78, 5) is 22.0. The van der Waals surface area contributed by atoms with Crippen LogP contribution in [0.1, 0.15) is 13.8 Å². The van der Waals surface area contributed by atoms with Crippen LogP contribution in [-0.4, -0.2) is 81.7 Å². The molecule has 1 amide bonds. The summed E-state index contributed by atoms with van der Waals surface area (Å²) in [5, 5.41) is 40.2. The molecule has 7 atom stereocenters. The van der Waals surface area contributed by atoms with Gasteiger partial charge in [0.2, 0.25) is 5.91 Å². The smallest absolute Gasteiger partial charge is 0.323 e. The molecule has 7 N–H and O–H groups in total. The van der Waals surface area contributed by atoms with Crippen molar-refractivity contribution >= 4 is 11.9 Å². The molecule has 1 heterocycles. The van der Waals surface area contributed by atoms with Crippen LogP contribution in [0.2, 0.25) is 0 Å². The molecule has 0 aliphatic carbocycles. The first-order valence-electron chi connectivity index (χ1n) is 6.72. The number of hydrogen-bond donors (Lipinski definition) is 6. The highest BCUT2D eigenvalue weighted by Gasteiger charge is 2.46. The fraction of sp³-hybridized carbons (Fsp3) is 0.833. The molecule has 22 heavy (non-hydrogen) atoms. The molecule has 10 heteroatoms. The highest BCUT2D eigenvalue weighted by Crippen LogP contribution is 2.23. The van der Waals surface area contributed by atoms with Gasteiger partial charge >= 0.3 is 5.97 Å². The molecule has 1 fully saturated rings. The lowest BCUT2D eigenvalue weighted by Gasteiger charge is -2.43. The zero-order valence-corrected chi connectivity index (χ0v) is 12.2. The van der Waals surface area contributed by atoms with E-state index in [1.165, 1.54) is 13.8 Å². The molecule has 0 aromatic carbocycles. The molecule has 0 radical (unpaired) electrons. The fourth-order valence-corrected chi connectivity index (χ4v) is 2.08. The average Bonchev–Trinajstić information content (AvgIpc) is 2.45. The van der Waals surface area contributed by atoms with Gasteiger partial charge in [0.1, 0.15) is 30.4 Å². The van der Waals surface area contributed by atoms with Crippen LogP contribution in [0, 0.1) is 0 Å². The Kier molecular flexibility index (Phi) is 6.66. The highest BCUT2D eigenvalue weighted by molar-refractivity contribution is 5.74. The van der Waals surface area contributed by atoms with Gasteiger partial charge < -0.3 is 41.0 Å². The number of aliphatic hydroxyl groups excluding tert-OH is 3. The minimum absolute atomic E-state index is 0.508. The molecule has 0 aromatic rings. The molecule has 0 bridgehead atoms. The van der Waals surface area contributed by atoms with Gasteiger partial charge in [-0.1, -0.05) is 0 Å². The Morgan fingerprint density at radius 2 is 1.95 bits per heavy atom. The molecule has 1 rings (SSSR count). The molecule has 1 aliphatic rings. The number of hydrogen-bond acceptors (Lipinski definition) is 8. The van der Waals surface area contributed by atoms with E-state index in [2.05, 4.69) is 5.32 Å². The van der Waals surface area contributed by atoms with E-state index in [-0.39, 0.29) is 0 Å². The molecule has 0 spiro atoms. The Hall–Kier alpha value is -1.30. The maximum atomic E-state index is 11.2. The number of nitrogens with one attached hydrogen (secondary N) is 1. The van der Waals surface area contributed by atoms with Gasteiger partial charge in [0.05, 0.1) is 12.7 Å². The van der Waals surface area contributed by atoms with Crippen molar-refractivity contribution < 1.29 is 39.5 Å². The quantitative estimate of drug-likeness (QED) is 0.293. The van der Waals surface area contributed by atoms with Gasteiger partial charge in [0, 0.05) is 6.92 Å². The zero-order valence-electron chi connectivity index (χ0n) is 12.2. The topological polar surface area (TPSA) is 172 Å². The van der Waals surface area contributed by atoms with E-state index in [4.69, 9.17) is 25.4 Å². The lowest BCUT2D eigenvalue weighted by atomic mass is 9.97. The number of nitrogens with two attached hydrogens (primary N) is 1. The number of amides is 1. The lowest BCUT2D eigenvalue weighted by molar-refractivity contribution is -0.281. The van der Waals surface area contributed by atoms with E-state index in [1.807, 2.05) is 0 Å². The summed E-state index contributed by atoms with van der Waals surface area (Å²) in [5.41, 5.74) is 5.42. The third kappa shape index (κ3) is 4.35. The second-order valence-electron chi connectivity index (χ2n) is 5.14. The molecular weight excluding hydrogens is 300 g/mol. The average molecular weight is 322 g/mol. The number of carboxylic acid groups (broad SMARTS) is 1. The first-order valence-corrected chi connectivity index (χ1v) is 6.72. The Bertz CT molecular complexity index is 407. The first-order chi connectivity index (χ1) is 10.2. The third-order valence-electron chi connectivity index (χ3n) is 3.39. The Labute approximate surface area is 126 Å². The lowest BCUT2D eigenvalue weighted by Crippen LogP contribution is -2.65. The summed E-state index contributed by atoms with van der Waals surface area (Å²) < 4.78 is 10.6. The molecule has 10 nitrogen and oxygen atoms in total. The largest absolute Gasteiger partial charge is 0.480 e. The summed E-state index contributed by atoms with van der Waals surface area (Å²) in [6, 6.07) is -2.49. The van der Waals surface area contributed by atoms with Crippen molar-refractivity contribution in [3.05, 3.63) is 0 Å². The van der Waals surface area contributed by atoms with Crippen molar-refractivity contribution in [1.29, 1.82) is 0 Å². The summed E-state index contributed by atoms with van der Waals surface area (Å²) in [6.45, 7) is 1.99. The van der Waals surface area contributed by atoms with E-state index in [0.717, 1.165) is 0 Å². The van der Waals surface area contributed by atoms with Gasteiger partial charge in [-0.05, 0) is 6.92 Å². The molecule has 3 unspecified atom stereocenters. The van der Waals surface area contributed by atoms with Crippen LogP contribution in [-0.2, 0) is 19.1 Å². The maximum Gasteiger partial charge on any atom is 0.323 e. The van der Waals surface area contributed by atoms with Crippen LogP contribution >= 0.6 is 0 Å². The van der Waals surface area contributed by atoms with Crippen LogP contribution in [0.25, 0.3) is 0 Å². The normalized spacial score (nSPS) is 34.7. The number of rotatable bonds is 6. The van der Waals surface area contributed by atoms with Crippen molar-refractivity contribution in [2.24, 2.45) is 5.73 Å². The van der Waals surface area contributed by atoms with Crippen molar-refractivity contribution in [1.82, 2.24) is 5.32 Å². The van der Waals surface area contributed by atoms with E-state index >= 15 is 0 Å². The van der Waals surface area contributed by atoms with E-state index in [0.29, 0.717) is 0 Å². The molecule has 0 saturated carbocycles. The predicted octanol–water partition coefficient (Wildman–Crippen LogP) is -3.25. The minimum Gasteiger partial charge on any atom is -0.480 e. The molecule has 1 aliphatic heterocycles. The number of aliphatic carboxylic acids is 1. The molecule has 1 saturated heterocycles. The van der Waals surface area contributed by atoms with E-state index in [9.17, 15) is 19.8 Å². The number of carbonyl (C=O) groups excluding carboxylic acids is 1. The molecule has 128 valence electrons. The summed E-state index contributed by atoms with van der Waals surface area (Å²) >= 11 is 0. The van der Waals surface area contributed by atoms with Crippen LogP contribution in [0.4, 0.5) is 0 Å². The van der Waals surface area contributed by atoms with Crippen LogP contribution < -0.4 is 11.1 Å². The second kappa shape index (κ2) is 7.81. The number of carboxylic acids is 1. The number of aliphatic hydroxyl groups is 3.